The molecule has 0 radical (unpaired) electrons. The van der Waals surface area contributed by atoms with Crippen LogP contribution in [-0.2, 0) is 9.53 Å². The highest BCUT2D eigenvalue weighted by Gasteiger charge is 2.01. The van der Waals surface area contributed by atoms with E-state index in [1.165, 1.54) is 0 Å². The number of nitrogens with zero attached hydrogens (tertiary/aromatic N) is 1. The zero-order valence-corrected chi connectivity index (χ0v) is 9.81. The summed E-state index contributed by atoms with van der Waals surface area (Å²) in [7, 11) is 0. The highest BCUT2D eigenvalue weighted by atomic mass is 16.5. The molecule has 0 aliphatic rings. The zero-order chi connectivity index (χ0) is 12.5. The molecule has 1 aromatic carbocycles. The molecule has 4 heteroatoms. The van der Waals surface area contributed by atoms with Crippen LogP contribution in [0.25, 0.3) is 0 Å². The fourth-order valence-corrected chi connectivity index (χ4v) is 1.27. The molecule has 1 rings (SSSR count). The van der Waals surface area contributed by atoms with Crippen LogP contribution in [0.5, 0.6) is 5.75 Å². The fraction of sp³-hybridized carbons (Fsp3) is 0.385. The van der Waals surface area contributed by atoms with Gasteiger partial charge in [0.05, 0.1) is 24.8 Å². The molecular formula is C13H15NO3. The summed E-state index contributed by atoms with van der Waals surface area (Å²) < 4.78 is 10.2. The van der Waals surface area contributed by atoms with E-state index in [0.717, 1.165) is 0 Å². The zero-order valence-electron chi connectivity index (χ0n) is 9.81. The second kappa shape index (κ2) is 7.29. The van der Waals surface area contributed by atoms with Gasteiger partial charge >= 0.3 is 5.97 Å². The Morgan fingerprint density at radius 2 is 2.06 bits per heavy atom. The van der Waals surface area contributed by atoms with Gasteiger partial charge in [0.1, 0.15) is 5.75 Å². The Morgan fingerprint density at radius 3 is 2.65 bits per heavy atom. The molecule has 0 heterocycles. The maximum atomic E-state index is 11.0. The molecule has 0 aliphatic carbocycles. The number of hydrogen-bond donors (Lipinski definition) is 0. The first-order valence-corrected chi connectivity index (χ1v) is 5.55. The van der Waals surface area contributed by atoms with E-state index in [4.69, 9.17) is 14.7 Å². The summed E-state index contributed by atoms with van der Waals surface area (Å²) in [6.45, 7) is 2.66. The molecule has 0 fully saturated rings. The molecule has 90 valence electrons. The van der Waals surface area contributed by atoms with E-state index >= 15 is 0 Å². The van der Waals surface area contributed by atoms with Crippen molar-refractivity contribution in [2.75, 3.05) is 13.2 Å². The third-order valence-corrected chi connectivity index (χ3v) is 2.08. The predicted molar refractivity (Wildman–Crippen MR) is 62.5 cm³/mol. The normalized spacial score (nSPS) is 9.41. The Hall–Kier alpha value is -2.02. The lowest BCUT2D eigenvalue weighted by Gasteiger charge is -2.05. The van der Waals surface area contributed by atoms with Crippen LogP contribution in [0.1, 0.15) is 25.3 Å². The van der Waals surface area contributed by atoms with Gasteiger partial charge in [-0.25, -0.2) is 0 Å². The summed E-state index contributed by atoms with van der Waals surface area (Å²) >= 11 is 0. The van der Waals surface area contributed by atoms with Crippen molar-refractivity contribution in [2.45, 2.75) is 19.8 Å². The molecule has 0 spiro atoms. The van der Waals surface area contributed by atoms with Gasteiger partial charge < -0.3 is 9.47 Å². The molecular weight excluding hydrogens is 218 g/mol. The molecule has 0 aromatic heterocycles. The van der Waals surface area contributed by atoms with Crippen LogP contribution in [0.3, 0.4) is 0 Å². The number of rotatable bonds is 6. The van der Waals surface area contributed by atoms with Crippen LogP contribution >= 0.6 is 0 Å². The van der Waals surface area contributed by atoms with Crippen molar-refractivity contribution in [3.8, 4) is 11.8 Å². The van der Waals surface area contributed by atoms with Crippen molar-refractivity contribution in [1.29, 1.82) is 5.26 Å². The van der Waals surface area contributed by atoms with Crippen LogP contribution in [0.15, 0.2) is 24.3 Å². The lowest BCUT2D eigenvalue weighted by molar-refractivity contribution is -0.143. The minimum absolute atomic E-state index is 0.198. The Morgan fingerprint density at radius 1 is 1.35 bits per heavy atom. The SMILES string of the molecule is CCOC(=O)CCCOc1ccc(C#N)cc1. The molecule has 0 amide bonds. The number of carbonyl (C=O) groups is 1. The number of hydrogen-bond acceptors (Lipinski definition) is 4. The van der Waals surface area contributed by atoms with Gasteiger partial charge in [0.25, 0.3) is 0 Å². The van der Waals surface area contributed by atoms with Crippen LogP contribution in [-0.4, -0.2) is 19.2 Å². The average molecular weight is 233 g/mol. The van der Waals surface area contributed by atoms with Crippen LogP contribution in [0.4, 0.5) is 0 Å². The number of ether oxygens (including phenoxy) is 2. The van der Waals surface area contributed by atoms with Crippen molar-refractivity contribution >= 4 is 5.97 Å². The van der Waals surface area contributed by atoms with Crippen LogP contribution in [0.2, 0.25) is 0 Å². The summed E-state index contributed by atoms with van der Waals surface area (Å²) in [5, 5.41) is 8.61. The van der Waals surface area contributed by atoms with Gasteiger partial charge in [-0.05, 0) is 37.6 Å². The van der Waals surface area contributed by atoms with Gasteiger partial charge in [0.15, 0.2) is 0 Å². The molecule has 1 aromatic rings. The van der Waals surface area contributed by atoms with E-state index in [1.807, 2.05) is 6.07 Å². The summed E-state index contributed by atoms with van der Waals surface area (Å²) in [5.74, 6) is 0.504. The minimum atomic E-state index is -0.198. The molecule has 17 heavy (non-hydrogen) atoms. The first-order valence-electron chi connectivity index (χ1n) is 5.55. The molecule has 0 unspecified atom stereocenters. The molecule has 0 N–H and O–H groups in total. The lowest BCUT2D eigenvalue weighted by Crippen LogP contribution is -2.06. The van der Waals surface area contributed by atoms with Gasteiger partial charge in [-0.1, -0.05) is 0 Å². The van der Waals surface area contributed by atoms with Gasteiger partial charge in [-0.15, -0.1) is 0 Å². The highest BCUT2D eigenvalue weighted by molar-refractivity contribution is 5.69. The lowest BCUT2D eigenvalue weighted by atomic mass is 10.2. The minimum Gasteiger partial charge on any atom is -0.494 e. The Balaban J connectivity index is 2.22. The molecule has 4 nitrogen and oxygen atoms in total. The topological polar surface area (TPSA) is 59.3 Å². The molecule has 0 atom stereocenters. The van der Waals surface area contributed by atoms with Crippen molar-refractivity contribution in [3.63, 3.8) is 0 Å². The highest BCUT2D eigenvalue weighted by Crippen LogP contribution is 2.11. The molecule has 0 aliphatic heterocycles. The second-order valence-electron chi connectivity index (χ2n) is 3.39. The average Bonchev–Trinajstić information content (AvgIpc) is 2.36. The summed E-state index contributed by atoms with van der Waals surface area (Å²) in [4.78, 5) is 11.0. The van der Waals surface area contributed by atoms with Crippen molar-refractivity contribution in [1.82, 2.24) is 0 Å². The van der Waals surface area contributed by atoms with E-state index < -0.39 is 0 Å². The van der Waals surface area contributed by atoms with E-state index in [2.05, 4.69) is 0 Å². The largest absolute Gasteiger partial charge is 0.494 e. The standard InChI is InChI=1S/C13H15NO3/c1-2-16-13(15)4-3-9-17-12-7-5-11(10-14)6-8-12/h5-8H,2-4,9H2,1H3. The fourth-order valence-electron chi connectivity index (χ4n) is 1.27. The van der Waals surface area contributed by atoms with Gasteiger partial charge in [-0.3, -0.25) is 4.79 Å². The van der Waals surface area contributed by atoms with Crippen molar-refractivity contribution in [3.05, 3.63) is 29.8 Å². The predicted octanol–water partition coefficient (Wildman–Crippen LogP) is 2.28. The maximum absolute atomic E-state index is 11.0. The third-order valence-electron chi connectivity index (χ3n) is 2.08. The van der Waals surface area contributed by atoms with E-state index in [-0.39, 0.29) is 5.97 Å². The van der Waals surface area contributed by atoms with Gasteiger partial charge in [0, 0.05) is 6.42 Å². The quantitative estimate of drug-likeness (QED) is 0.558. The van der Waals surface area contributed by atoms with E-state index in [9.17, 15) is 4.79 Å². The smallest absolute Gasteiger partial charge is 0.305 e. The second-order valence-corrected chi connectivity index (χ2v) is 3.39. The molecule has 0 saturated heterocycles. The van der Waals surface area contributed by atoms with Crippen molar-refractivity contribution < 1.29 is 14.3 Å². The van der Waals surface area contributed by atoms with E-state index in [0.29, 0.717) is 37.4 Å². The third kappa shape index (κ3) is 5.03. The Labute approximate surface area is 101 Å². The number of carbonyl (C=O) groups excluding carboxylic acids is 1. The number of benzene rings is 1. The summed E-state index contributed by atoms with van der Waals surface area (Å²) in [6, 6.07) is 8.90. The monoisotopic (exact) mass is 233 g/mol. The Bertz CT molecular complexity index is 392. The summed E-state index contributed by atoms with van der Waals surface area (Å²) in [5.41, 5.74) is 0.601. The summed E-state index contributed by atoms with van der Waals surface area (Å²) in [6.07, 6.45) is 0.989. The maximum Gasteiger partial charge on any atom is 0.305 e. The molecule has 0 bridgehead atoms. The first kappa shape index (κ1) is 13.0. The van der Waals surface area contributed by atoms with Crippen LogP contribution < -0.4 is 4.74 Å². The Kier molecular flexibility index (Phi) is 5.59. The molecule has 0 saturated carbocycles. The van der Waals surface area contributed by atoms with E-state index in [1.54, 1.807) is 31.2 Å². The van der Waals surface area contributed by atoms with Gasteiger partial charge in [0.2, 0.25) is 0 Å². The first-order chi connectivity index (χ1) is 8.26. The van der Waals surface area contributed by atoms with Crippen molar-refractivity contribution in [2.24, 2.45) is 0 Å². The van der Waals surface area contributed by atoms with Gasteiger partial charge in [-0.2, -0.15) is 5.26 Å². The number of esters is 1. The number of nitriles is 1. The van der Waals surface area contributed by atoms with Crippen LogP contribution in [0, 0.1) is 11.3 Å².